The zero-order valence-electron chi connectivity index (χ0n) is 15.3. The van der Waals surface area contributed by atoms with Crippen molar-refractivity contribution in [2.45, 2.75) is 33.8 Å². The van der Waals surface area contributed by atoms with Gasteiger partial charge in [-0.25, -0.2) is 9.97 Å². The largest absolute Gasteiger partial charge is 0.322 e. The Hall–Kier alpha value is -2.83. The van der Waals surface area contributed by atoms with Gasteiger partial charge in [-0.05, 0) is 49.4 Å². The molecule has 2 N–H and O–H groups in total. The van der Waals surface area contributed by atoms with Crippen LogP contribution in [-0.2, 0) is 0 Å². The van der Waals surface area contributed by atoms with E-state index in [0.29, 0.717) is 26.0 Å². The summed E-state index contributed by atoms with van der Waals surface area (Å²) in [7, 11) is 0. The van der Waals surface area contributed by atoms with Crippen molar-refractivity contribution >= 4 is 46.1 Å². The molecule has 0 bridgehead atoms. The molecule has 0 radical (unpaired) electrons. The lowest BCUT2D eigenvalue weighted by Crippen LogP contribution is -2.15. The fraction of sp³-hybridized carbons (Fsp3) is 0.118. The fourth-order valence-corrected chi connectivity index (χ4v) is 4.51. The van der Waals surface area contributed by atoms with E-state index >= 15 is 0 Å². The Morgan fingerprint density at radius 3 is 2.79 bits per heavy atom. The number of pyridine rings is 2. The molecule has 4 rings (SSSR count). The first-order chi connectivity index (χ1) is 14.1. The molecular formula is C17H14N8OS3. The van der Waals surface area contributed by atoms with Gasteiger partial charge in [0.25, 0.3) is 5.91 Å². The molecule has 9 nitrogen and oxygen atoms in total. The molecule has 12 heteroatoms. The van der Waals surface area contributed by atoms with Crippen LogP contribution in [0.1, 0.15) is 21.9 Å². The number of hydrogen-bond donors (Lipinski definition) is 2. The van der Waals surface area contributed by atoms with Crippen molar-refractivity contribution in [2.24, 2.45) is 0 Å². The zero-order chi connectivity index (χ0) is 20.2. The first-order valence-electron chi connectivity index (χ1n) is 8.33. The lowest BCUT2D eigenvalue weighted by molar-refractivity contribution is 0.101. The molecular weight excluding hydrogens is 428 g/mol. The van der Waals surface area contributed by atoms with Crippen LogP contribution in [0.4, 0.5) is 5.13 Å². The van der Waals surface area contributed by atoms with Crippen molar-refractivity contribution in [2.75, 3.05) is 5.32 Å². The monoisotopic (exact) mass is 442 g/mol. The van der Waals surface area contributed by atoms with E-state index in [1.54, 1.807) is 19.3 Å². The highest BCUT2D eigenvalue weighted by molar-refractivity contribution is 7.99. The van der Waals surface area contributed by atoms with Crippen LogP contribution in [-0.4, -0.2) is 40.4 Å². The number of aromatic nitrogens is 7. The Bertz CT molecular complexity index is 1150. The minimum atomic E-state index is -0.357. The predicted octanol–water partition coefficient (Wildman–Crippen LogP) is 3.62. The third-order valence-electron chi connectivity index (χ3n) is 3.47. The van der Waals surface area contributed by atoms with Gasteiger partial charge in [-0.1, -0.05) is 11.8 Å². The van der Waals surface area contributed by atoms with Crippen LogP contribution >= 0.6 is 35.1 Å². The number of hydrogen-bond acceptors (Lipinski definition) is 10. The Morgan fingerprint density at radius 1 is 1.17 bits per heavy atom. The molecule has 0 fully saturated rings. The van der Waals surface area contributed by atoms with Gasteiger partial charge in [0, 0.05) is 33.7 Å². The Kier molecular flexibility index (Phi) is 5.83. The van der Waals surface area contributed by atoms with Crippen molar-refractivity contribution in [1.82, 2.24) is 34.5 Å². The molecule has 0 aliphatic rings. The second-order valence-corrected chi connectivity index (χ2v) is 8.67. The number of carbonyl (C=O) groups is 1. The number of nitrogens with one attached hydrogen (secondary N) is 2. The van der Waals surface area contributed by atoms with E-state index in [-0.39, 0.29) is 11.6 Å². The standard InChI is InChI=1S/C17H14N8OS3/c1-9-5-11(7-18-6-9)27-12-3-4-13(28-16-19-8-20-24-16)22-14(12)15(26)23-17-21-10(2)25-29-17/h3-8H,1-2H3,(H,19,20,24)(H,21,23,25,26). The van der Waals surface area contributed by atoms with Gasteiger partial charge in [0.15, 0.2) is 5.16 Å². The number of aryl methyl sites for hydroxylation is 2. The third-order valence-corrected chi connectivity index (χ3v) is 6.03. The minimum absolute atomic E-state index is 0.286. The first kappa shape index (κ1) is 19.5. The highest BCUT2D eigenvalue weighted by Crippen LogP contribution is 2.33. The summed E-state index contributed by atoms with van der Waals surface area (Å²) < 4.78 is 4.09. The van der Waals surface area contributed by atoms with Gasteiger partial charge in [0.2, 0.25) is 5.13 Å². The summed E-state index contributed by atoms with van der Waals surface area (Å²) in [4.78, 5) is 30.4. The van der Waals surface area contributed by atoms with Crippen LogP contribution in [0.2, 0.25) is 0 Å². The summed E-state index contributed by atoms with van der Waals surface area (Å²) in [6.07, 6.45) is 5.03. The molecule has 4 aromatic rings. The first-order valence-corrected chi connectivity index (χ1v) is 10.7. The second kappa shape index (κ2) is 8.68. The number of anilines is 1. The van der Waals surface area contributed by atoms with Gasteiger partial charge in [-0.3, -0.25) is 15.1 Å². The molecule has 4 heterocycles. The average Bonchev–Trinajstić information content (AvgIpc) is 3.34. The van der Waals surface area contributed by atoms with Gasteiger partial charge in [0.05, 0.1) is 0 Å². The highest BCUT2D eigenvalue weighted by atomic mass is 32.2. The van der Waals surface area contributed by atoms with Crippen LogP contribution in [0.25, 0.3) is 0 Å². The molecule has 4 aromatic heterocycles. The number of rotatable bonds is 6. The van der Waals surface area contributed by atoms with Crippen LogP contribution < -0.4 is 5.32 Å². The summed E-state index contributed by atoms with van der Waals surface area (Å²) in [5, 5.41) is 12.1. The summed E-state index contributed by atoms with van der Waals surface area (Å²) in [5.74, 6) is 0.248. The quantitative estimate of drug-likeness (QED) is 0.461. The Morgan fingerprint density at radius 2 is 2.07 bits per heavy atom. The molecule has 0 unspecified atom stereocenters. The lowest BCUT2D eigenvalue weighted by Gasteiger charge is -2.10. The van der Waals surface area contributed by atoms with Crippen LogP contribution in [0, 0.1) is 13.8 Å². The van der Waals surface area contributed by atoms with E-state index in [2.05, 4.69) is 39.8 Å². The average molecular weight is 443 g/mol. The Balaban J connectivity index is 1.65. The Labute approximate surface area is 178 Å². The van der Waals surface area contributed by atoms with Crippen molar-refractivity contribution in [3.05, 3.63) is 54.0 Å². The second-order valence-electron chi connectivity index (χ2n) is 5.79. The number of nitrogens with zero attached hydrogens (tertiary/aromatic N) is 6. The minimum Gasteiger partial charge on any atom is -0.322 e. The van der Waals surface area contributed by atoms with E-state index in [1.807, 2.05) is 25.1 Å². The maximum atomic E-state index is 12.9. The normalized spacial score (nSPS) is 10.8. The van der Waals surface area contributed by atoms with Crippen molar-refractivity contribution in [3.63, 3.8) is 0 Å². The smallest absolute Gasteiger partial charge is 0.277 e. The van der Waals surface area contributed by atoms with E-state index in [0.717, 1.165) is 22.0 Å². The van der Waals surface area contributed by atoms with Crippen LogP contribution in [0.15, 0.2) is 56.9 Å². The predicted molar refractivity (Wildman–Crippen MR) is 110 cm³/mol. The molecule has 0 atom stereocenters. The molecule has 1 amide bonds. The molecule has 0 spiro atoms. The zero-order valence-corrected chi connectivity index (χ0v) is 17.7. The van der Waals surface area contributed by atoms with E-state index < -0.39 is 0 Å². The maximum absolute atomic E-state index is 12.9. The number of H-pyrrole nitrogens is 1. The molecule has 0 aliphatic carbocycles. The maximum Gasteiger partial charge on any atom is 0.277 e. The van der Waals surface area contributed by atoms with E-state index in [4.69, 9.17) is 0 Å². The molecule has 146 valence electrons. The summed E-state index contributed by atoms with van der Waals surface area (Å²) in [6, 6.07) is 5.70. The molecule has 0 aliphatic heterocycles. The van der Waals surface area contributed by atoms with E-state index in [1.165, 1.54) is 29.9 Å². The number of carbonyl (C=O) groups excluding carboxylic acids is 1. The topological polar surface area (TPSA) is 122 Å². The molecule has 0 aromatic carbocycles. The van der Waals surface area contributed by atoms with Gasteiger partial charge in [-0.15, -0.1) is 10.2 Å². The number of aromatic amines is 1. The third kappa shape index (κ3) is 4.96. The van der Waals surface area contributed by atoms with Gasteiger partial charge in [0.1, 0.15) is 22.9 Å². The van der Waals surface area contributed by atoms with Crippen molar-refractivity contribution in [3.8, 4) is 0 Å². The highest BCUT2D eigenvalue weighted by Gasteiger charge is 2.18. The summed E-state index contributed by atoms with van der Waals surface area (Å²) in [6.45, 7) is 3.74. The summed E-state index contributed by atoms with van der Waals surface area (Å²) in [5.41, 5.74) is 1.32. The summed E-state index contributed by atoms with van der Waals surface area (Å²) >= 11 is 3.84. The lowest BCUT2D eigenvalue weighted by atomic mass is 10.3. The van der Waals surface area contributed by atoms with E-state index in [9.17, 15) is 4.79 Å². The van der Waals surface area contributed by atoms with Crippen molar-refractivity contribution in [1.29, 1.82) is 0 Å². The van der Waals surface area contributed by atoms with Crippen LogP contribution in [0.5, 0.6) is 0 Å². The van der Waals surface area contributed by atoms with Crippen molar-refractivity contribution < 1.29 is 4.79 Å². The molecule has 29 heavy (non-hydrogen) atoms. The fourth-order valence-electron chi connectivity index (χ4n) is 2.29. The van der Waals surface area contributed by atoms with Gasteiger partial charge >= 0.3 is 0 Å². The van der Waals surface area contributed by atoms with Gasteiger partial charge in [-0.2, -0.15) is 4.37 Å². The van der Waals surface area contributed by atoms with Crippen LogP contribution in [0.3, 0.4) is 0 Å². The van der Waals surface area contributed by atoms with Gasteiger partial charge < -0.3 is 4.98 Å². The molecule has 0 saturated carbocycles. The SMILES string of the molecule is Cc1cncc(Sc2ccc(Sc3nnc[nH]3)nc2C(=O)Nc2nc(C)ns2)c1. The molecule has 0 saturated heterocycles. The number of amides is 1.